The van der Waals surface area contributed by atoms with Crippen LogP contribution in [-0.4, -0.2) is 44.7 Å². The molecule has 0 spiro atoms. The molecule has 2 aromatic carbocycles. The van der Waals surface area contributed by atoms with Crippen molar-refractivity contribution >= 4 is 46.7 Å². The minimum atomic E-state index is -0.283. The lowest BCUT2D eigenvalue weighted by Crippen LogP contribution is -2.31. The molecule has 1 unspecified atom stereocenters. The van der Waals surface area contributed by atoms with E-state index in [1.54, 1.807) is 31.4 Å². The molecule has 0 radical (unpaired) electrons. The van der Waals surface area contributed by atoms with Crippen LogP contribution >= 0.6 is 23.5 Å². The van der Waals surface area contributed by atoms with Gasteiger partial charge in [0, 0.05) is 24.1 Å². The first kappa shape index (κ1) is 21.3. The maximum Gasteiger partial charge on any atom is 0.238 e. The lowest BCUT2D eigenvalue weighted by atomic mass is 10.2. The number of nitrogens with zero attached hydrogens (tertiary/aromatic N) is 3. The van der Waals surface area contributed by atoms with E-state index < -0.39 is 0 Å². The molecule has 160 valence electrons. The smallest absolute Gasteiger partial charge is 0.238 e. The standard InChI is InChI=1S/C21H21N5O3S2/c1-26-18(11-17-20(28)23-15-5-3-4-6-16(15)31-17)24-25-21(26)30-12-19(27)22-13-7-9-14(29-2)10-8-13/h3-10,17H,11-12H2,1-2H3,(H,22,27)(H,23,28). The van der Waals surface area contributed by atoms with E-state index in [1.165, 1.54) is 23.5 Å². The predicted octanol–water partition coefficient (Wildman–Crippen LogP) is 3.21. The number of benzene rings is 2. The summed E-state index contributed by atoms with van der Waals surface area (Å²) in [6.45, 7) is 0. The van der Waals surface area contributed by atoms with E-state index >= 15 is 0 Å². The molecule has 0 fully saturated rings. The number of fused-ring (bicyclic) bond motifs is 1. The molecule has 0 saturated heterocycles. The van der Waals surface area contributed by atoms with Gasteiger partial charge in [0.15, 0.2) is 5.16 Å². The van der Waals surface area contributed by atoms with Crippen molar-refractivity contribution in [2.24, 2.45) is 7.05 Å². The van der Waals surface area contributed by atoms with Crippen LogP contribution in [0.2, 0.25) is 0 Å². The van der Waals surface area contributed by atoms with Gasteiger partial charge in [-0.2, -0.15) is 0 Å². The summed E-state index contributed by atoms with van der Waals surface area (Å²) in [5.74, 6) is 1.44. The van der Waals surface area contributed by atoms with Crippen molar-refractivity contribution in [2.75, 3.05) is 23.5 Å². The van der Waals surface area contributed by atoms with Crippen molar-refractivity contribution in [1.82, 2.24) is 14.8 Å². The van der Waals surface area contributed by atoms with Crippen LogP contribution in [0, 0.1) is 0 Å². The van der Waals surface area contributed by atoms with E-state index in [4.69, 9.17) is 4.74 Å². The second-order valence-electron chi connectivity index (χ2n) is 6.82. The van der Waals surface area contributed by atoms with E-state index in [0.717, 1.165) is 16.3 Å². The second-order valence-corrected chi connectivity index (χ2v) is 9.01. The second kappa shape index (κ2) is 9.44. The minimum Gasteiger partial charge on any atom is -0.497 e. The number of aromatic nitrogens is 3. The summed E-state index contributed by atoms with van der Waals surface area (Å²) in [6, 6.07) is 14.9. The van der Waals surface area contributed by atoms with Gasteiger partial charge >= 0.3 is 0 Å². The zero-order chi connectivity index (χ0) is 21.8. The number of anilines is 2. The Kier molecular flexibility index (Phi) is 6.47. The van der Waals surface area contributed by atoms with Gasteiger partial charge in [0.1, 0.15) is 11.6 Å². The van der Waals surface area contributed by atoms with Gasteiger partial charge in [-0.05, 0) is 36.4 Å². The minimum absolute atomic E-state index is 0.0419. The molecule has 1 aromatic heterocycles. The first-order valence-electron chi connectivity index (χ1n) is 9.55. The molecule has 0 aliphatic carbocycles. The molecule has 2 amide bonds. The van der Waals surface area contributed by atoms with Crippen molar-refractivity contribution < 1.29 is 14.3 Å². The number of methoxy groups -OCH3 is 1. The van der Waals surface area contributed by atoms with Crippen LogP contribution in [0.25, 0.3) is 0 Å². The molecule has 0 bridgehead atoms. The predicted molar refractivity (Wildman–Crippen MR) is 122 cm³/mol. The lowest BCUT2D eigenvalue weighted by molar-refractivity contribution is -0.116. The third-order valence-electron chi connectivity index (χ3n) is 4.71. The molecule has 4 rings (SSSR count). The molecule has 1 aliphatic heterocycles. The van der Waals surface area contributed by atoms with Crippen LogP contribution in [0.15, 0.2) is 58.6 Å². The summed E-state index contributed by atoms with van der Waals surface area (Å²) >= 11 is 2.83. The highest BCUT2D eigenvalue weighted by Crippen LogP contribution is 2.36. The van der Waals surface area contributed by atoms with E-state index in [-0.39, 0.29) is 22.8 Å². The molecule has 1 aliphatic rings. The number of amides is 2. The Bertz CT molecular complexity index is 1100. The fourth-order valence-corrected chi connectivity index (χ4v) is 4.88. The highest BCUT2D eigenvalue weighted by molar-refractivity contribution is 8.01. The van der Waals surface area contributed by atoms with Crippen LogP contribution in [-0.2, 0) is 23.1 Å². The van der Waals surface area contributed by atoms with Gasteiger partial charge < -0.3 is 19.9 Å². The first-order valence-corrected chi connectivity index (χ1v) is 11.4. The average Bonchev–Trinajstić information content (AvgIpc) is 3.12. The molecule has 3 aromatic rings. The van der Waals surface area contributed by atoms with Gasteiger partial charge in [0.25, 0.3) is 0 Å². The molecular weight excluding hydrogens is 434 g/mol. The number of hydrogen-bond acceptors (Lipinski definition) is 7. The molecular formula is C21H21N5O3S2. The van der Waals surface area contributed by atoms with Crippen LogP contribution in [0.5, 0.6) is 5.75 Å². The maximum absolute atomic E-state index is 12.5. The van der Waals surface area contributed by atoms with Gasteiger partial charge in [-0.1, -0.05) is 23.9 Å². The Morgan fingerprint density at radius 2 is 2.00 bits per heavy atom. The lowest BCUT2D eigenvalue weighted by Gasteiger charge is -2.23. The summed E-state index contributed by atoms with van der Waals surface area (Å²) in [4.78, 5) is 25.8. The zero-order valence-electron chi connectivity index (χ0n) is 17.0. The third-order valence-corrected chi connectivity index (χ3v) is 7.00. The first-order chi connectivity index (χ1) is 15.0. The highest BCUT2D eigenvalue weighted by Gasteiger charge is 2.28. The fraction of sp³-hybridized carbons (Fsp3) is 0.238. The van der Waals surface area contributed by atoms with Gasteiger partial charge in [-0.3, -0.25) is 9.59 Å². The van der Waals surface area contributed by atoms with Crippen LogP contribution in [0.3, 0.4) is 0 Å². The number of nitrogens with one attached hydrogen (secondary N) is 2. The number of rotatable bonds is 7. The summed E-state index contributed by atoms with van der Waals surface area (Å²) in [6.07, 6.45) is 0.451. The topological polar surface area (TPSA) is 98.1 Å². The molecule has 2 heterocycles. The maximum atomic E-state index is 12.5. The Balaban J connectivity index is 1.34. The quantitative estimate of drug-likeness (QED) is 0.528. The van der Waals surface area contributed by atoms with E-state index in [0.29, 0.717) is 23.1 Å². The number of hydrogen-bond donors (Lipinski definition) is 2. The Morgan fingerprint density at radius 3 is 2.77 bits per heavy atom. The number of para-hydroxylation sites is 1. The van der Waals surface area contributed by atoms with Crippen molar-refractivity contribution in [3.8, 4) is 5.75 Å². The van der Waals surface area contributed by atoms with Crippen molar-refractivity contribution in [3.63, 3.8) is 0 Å². The van der Waals surface area contributed by atoms with Crippen LogP contribution < -0.4 is 15.4 Å². The number of thioether (sulfide) groups is 2. The van der Waals surface area contributed by atoms with Gasteiger partial charge in [0.2, 0.25) is 11.8 Å². The monoisotopic (exact) mass is 455 g/mol. The van der Waals surface area contributed by atoms with E-state index in [9.17, 15) is 9.59 Å². The summed E-state index contributed by atoms with van der Waals surface area (Å²) in [5, 5.41) is 14.6. The molecule has 1 atom stereocenters. The Hall–Kier alpha value is -2.98. The van der Waals surface area contributed by atoms with Gasteiger partial charge in [-0.25, -0.2) is 0 Å². The number of ether oxygens (including phenoxy) is 1. The summed E-state index contributed by atoms with van der Waals surface area (Å²) in [7, 11) is 3.44. The largest absolute Gasteiger partial charge is 0.497 e. The molecule has 8 nitrogen and oxygen atoms in total. The summed E-state index contributed by atoms with van der Waals surface area (Å²) < 4.78 is 6.95. The zero-order valence-corrected chi connectivity index (χ0v) is 18.6. The van der Waals surface area contributed by atoms with E-state index in [2.05, 4.69) is 20.8 Å². The van der Waals surface area contributed by atoms with Crippen LogP contribution in [0.4, 0.5) is 11.4 Å². The Labute approximate surface area is 188 Å². The molecule has 0 saturated carbocycles. The van der Waals surface area contributed by atoms with Crippen molar-refractivity contribution in [2.45, 2.75) is 21.7 Å². The van der Waals surface area contributed by atoms with Crippen molar-refractivity contribution in [1.29, 1.82) is 0 Å². The average molecular weight is 456 g/mol. The van der Waals surface area contributed by atoms with Gasteiger partial charge in [-0.15, -0.1) is 22.0 Å². The normalized spacial score (nSPS) is 15.2. The number of carbonyl (C=O) groups is 2. The van der Waals surface area contributed by atoms with Crippen LogP contribution in [0.1, 0.15) is 5.82 Å². The third kappa shape index (κ3) is 5.02. The summed E-state index contributed by atoms with van der Waals surface area (Å²) in [5.41, 5.74) is 1.54. The molecule has 2 N–H and O–H groups in total. The molecule has 31 heavy (non-hydrogen) atoms. The van der Waals surface area contributed by atoms with E-state index in [1.807, 2.05) is 35.9 Å². The highest BCUT2D eigenvalue weighted by atomic mass is 32.2. The van der Waals surface area contributed by atoms with Gasteiger partial charge in [0.05, 0.1) is 23.8 Å². The Morgan fingerprint density at radius 1 is 1.23 bits per heavy atom. The number of carbonyl (C=O) groups excluding carboxylic acids is 2. The van der Waals surface area contributed by atoms with Crippen molar-refractivity contribution in [3.05, 3.63) is 54.4 Å². The molecule has 10 heteroatoms. The fourth-order valence-electron chi connectivity index (χ4n) is 3.04. The SMILES string of the molecule is COc1ccc(NC(=O)CSc2nnc(CC3Sc4ccccc4NC3=O)n2C)cc1.